The van der Waals surface area contributed by atoms with Gasteiger partial charge in [-0.25, -0.2) is 0 Å². The number of rotatable bonds is 16. The lowest BCUT2D eigenvalue weighted by Gasteiger charge is -2.30. The minimum Gasteiger partial charge on any atom is -0.394 e. The molecular formula is C17H36O4Si. The zero-order valence-electron chi connectivity index (χ0n) is 14.9. The van der Waals surface area contributed by atoms with E-state index in [9.17, 15) is 0 Å². The van der Waals surface area contributed by atoms with Crippen LogP contribution in [0.15, 0.2) is 0 Å². The molecule has 0 N–H and O–H groups in total. The van der Waals surface area contributed by atoms with Crippen LogP contribution in [-0.2, 0) is 18.3 Å². The summed E-state index contributed by atoms with van der Waals surface area (Å²) in [6.07, 6.45) is 7.24. The Kier molecular flexibility index (Phi) is 11.4. The Hall–Kier alpha value is 0.0569. The van der Waals surface area contributed by atoms with Crippen LogP contribution in [0.5, 0.6) is 0 Å². The van der Waals surface area contributed by atoms with E-state index in [1.165, 1.54) is 12.8 Å². The molecule has 1 aliphatic heterocycles. The van der Waals surface area contributed by atoms with Gasteiger partial charge in [0.2, 0.25) is 0 Å². The number of epoxide rings is 1. The molecule has 0 radical (unpaired) electrons. The second-order valence-corrected chi connectivity index (χ2v) is 9.76. The first-order valence-corrected chi connectivity index (χ1v) is 11.5. The van der Waals surface area contributed by atoms with Gasteiger partial charge in [-0.05, 0) is 37.8 Å². The molecule has 0 aliphatic carbocycles. The molecule has 0 spiro atoms. The summed E-state index contributed by atoms with van der Waals surface area (Å²) in [6.45, 7) is 10.8. The maximum absolute atomic E-state index is 6.28. The van der Waals surface area contributed by atoms with Crippen LogP contribution in [0.3, 0.4) is 0 Å². The molecule has 1 saturated heterocycles. The first-order valence-electron chi connectivity index (χ1n) is 9.23. The van der Waals surface area contributed by atoms with E-state index >= 15 is 0 Å². The number of hydrogen-bond acceptors (Lipinski definition) is 4. The molecule has 1 fully saturated rings. The molecule has 5 heteroatoms. The van der Waals surface area contributed by atoms with Gasteiger partial charge < -0.3 is 18.3 Å². The molecule has 0 aromatic heterocycles. The predicted octanol–water partition coefficient (Wildman–Crippen LogP) is 4.28. The van der Waals surface area contributed by atoms with Crippen molar-refractivity contribution >= 4 is 8.56 Å². The summed E-state index contributed by atoms with van der Waals surface area (Å²) in [5.41, 5.74) is 0. The minimum absolute atomic E-state index is 0.374. The van der Waals surface area contributed by atoms with Crippen LogP contribution in [-0.4, -0.2) is 47.7 Å². The third-order valence-electron chi connectivity index (χ3n) is 4.07. The molecule has 0 aromatic carbocycles. The Morgan fingerprint density at radius 2 is 1.55 bits per heavy atom. The van der Waals surface area contributed by atoms with Gasteiger partial charge in [0, 0.05) is 19.8 Å². The summed E-state index contributed by atoms with van der Waals surface area (Å²) in [5, 5.41) is 0. The maximum atomic E-state index is 6.28. The first kappa shape index (κ1) is 20.1. The third kappa shape index (κ3) is 9.25. The quantitative estimate of drug-likeness (QED) is 0.240. The Morgan fingerprint density at radius 3 is 2.05 bits per heavy atom. The van der Waals surface area contributed by atoms with Crippen LogP contribution in [0, 0.1) is 0 Å². The summed E-state index contributed by atoms with van der Waals surface area (Å²) >= 11 is 0. The van der Waals surface area contributed by atoms with Crippen LogP contribution >= 0.6 is 0 Å². The zero-order chi connectivity index (χ0) is 16.1. The molecule has 1 unspecified atom stereocenters. The Labute approximate surface area is 138 Å². The summed E-state index contributed by atoms with van der Waals surface area (Å²) < 4.78 is 23.3. The Bertz CT molecular complexity index is 249. The van der Waals surface area contributed by atoms with Crippen LogP contribution in [0.2, 0.25) is 12.1 Å². The lowest BCUT2D eigenvalue weighted by Crippen LogP contribution is -2.42. The van der Waals surface area contributed by atoms with Gasteiger partial charge in [0.1, 0.15) is 6.10 Å². The summed E-state index contributed by atoms with van der Waals surface area (Å²) in [7, 11) is -1.99. The van der Waals surface area contributed by atoms with E-state index < -0.39 is 8.56 Å². The van der Waals surface area contributed by atoms with Crippen molar-refractivity contribution in [2.75, 3.05) is 33.0 Å². The Morgan fingerprint density at radius 1 is 0.909 bits per heavy atom. The van der Waals surface area contributed by atoms with Crippen molar-refractivity contribution in [2.24, 2.45) is 0 Å². The highest BCUT2D eigenvalue weighted by Gasteiger charge is 2.34. The topological polar surface area (TPSA) is 40.2 Å². The van der Waals surface area contributed by atoms with E-state index in [4.69, 9.17) is 18.3 Å². The van der Waals surface area contributed by atoms with Crippen molar-refractivity contribution in [3.8, 4) is 0 Å². The molecule has 0 saturated carbocycles. The van der Waals surface area contributed by atoms with Gasteiger partial charge >= 0.3 is 8.56 Å². The zero-order valence-corrected chi connectivity index (χ0v) is 15.9. The van der Waals surface area contributed by atoms with Crippen LogP contribution in [0.1, 0.15) is 59.3 Å². The van der Waals surface area contributed by atoms with Gasteiger partial charge in [-0.15, -0.1) is 0 Å². The molecular weight excluding hydrogens is 296 g/mol. The van der Waals surface area contributed by atoms with Crippen molar-refractivity contribution in [3.05, 3.63) is 0 Å². The van der Waals surface area contributed by atoms with E-state index in [2.05, 4.69) is 20.8 Å². The minimum atomic E-state index is -1.99. The van der Waals surface area contributed by atoms with Crippen molar-refractivity contribution in [1.82, 2.24) is 0 Å². The summed E-state index contributed by atoms with van der Waals surface area (Å²) in [6, 6.07) is 2.15. The molecule has 4 nitrogen and oxygen atoms in total. The molecule has 1 rings (SSSR count). The van der Waals surface area contributed by atoms with Crippen molar-refractivity contribution in [2.45, 2.75) is 77.5 Å². The largest absolute Gasteiger partial charge is 0.394 e. The SMILES string of the molecule is CCCCO[Si](CC)(CCCCOCC1CO1)OCCCC. The molecule has 1 heterocycles. The van der Waals surface area contributed by atoms with E-state index in [0.717, 1.165) is 70.8 Å². The molecule has 0 aromatic rings. The number of ether oxygens (including phenoxy) is 2. The predicted molar refractivity (Wildman–Crippen MR) is 92.6 cm³/mol. The van der Waals surface area contributed by atoms with Crippen LogP contribution in [0.25, 0.3) is 0 Å². The van der Waals surface area contributed by atoms with Gasteiger partial charge in [-0.2, -0.15) is 0 Å². The van der Waals surface area contributed by atoms with Crippen LogP contribution in [0.4, 0.5) is 0 Å². The molecule has 1 aliphatic rings. The molecule has 0 amide bonds. The highest BCUT2D eigenvalue weighted by molar-refractivity contribution is 6.67. The van der Waals surface area contributed by atoms with Gasteiger partial charge in [0.05, 0.1) is 13.2 Å². The van der Waals surface area contributed by atoms with Crippen molar-refractivity contribution < 1.29 is 18.3 Å². The summed E-state index contributed by atoms with van der Waals surface area (Å²) in [4.78, 5) is 0. The standard InChI is InChI=1S/C17H36O4Si/c1-4-7-12-20-22(6-3,21-13-8-5-2)14-10-9-11-18-15-17-16-19-17/h17H,4-16H2,1-3H3. The van der Waals surface area contributed by atoms with Gasteiger partial charge in [0.15, 0.2) is 0 Å². The lowest BCUT2D eigenvalue weighted by molar-refractivity contribution is 0.112. The van der Waals surface area contributed by atoms with Gasteiger partial charge in [-0.1, -0.05) is 33.6 Å². The van der Waals surface area contributed by atoms with Gasteiger partial charge in [0.25, 0.3) is 0 Å². The Balaban J connectivity index is 2.23. The monoisotopic (exact) mass is 332 g/mol. The maximum Gasteiger partial charge on any atom is 0.337 e. The fraction of sp³-hybridized carbons (Fsp3) is 1.00. The molecule has 1 atom stereocenters. The first-order chi connectivity index (χ1) is 10.8. The summed E-state index contributed by atoms with van der Waals surface area (Å²) in [5.74, 6) is 0. The van der Waals surface area contributed by atoms with E-state index in [1.54, 1.807) is 0 Å². The van der Waals surface area contributed by atoms with E-state index in [1.807, 2.05) is 0 Å². The number of hydrogen-bond donors (Lipinski definition) is 0. The fourth-order valence-corrected chi connectivity index (χ4v) is 5.30. The molecule has 22 heavy (non-hydrogen) atoms. The highest BCUT2D eigenvalue weighted by Crippen LogP contribution is 2.23. The number of unbranched alkanes of at least 4 members (excludes halogenated alkanes) is 3. The lowest BCUT2D eigenvalue weighted by atomic mass is 10.3. The normalized spacial score (nSPS) is 17.9. The average Bonchev–Trinajstić information content (AvgIpc) is 3.35. The molecule has 0 bridgehead atoms. The van der Waals surface area contributed by atoms with Crippen molar-refractivity contribution in [3.63, 3.8) is 0 Å². The second-order valence-electron chi connectivity index (χ2n) is 6.16. The second kappa shape index (κ2) is 12.5. The van der Waals surface area contributed by atoms with Crippen molar-refractivity contribution in [1.29, 1.82) is 0 Å². The fourth-order valence-electron chi connectivity index (χ4n) is 2.35. The average molecular weight is 333 g/mol. The van der Waals surface area contributed by atoms with E-state index in [-0.39, 0.29) is 0 Å². The van der Waals surface area contributed by atoms with E-state index in [0.29, 0.717) is 6.10 Å². The van der Waals surface area contributed by atoms with Crippen LogP contribution < -0.4 is 0 Å². The molecule has 132 valence electrons. The third-order valence-corrected chi connectivity index (χ3v) is 7.72. The smallest absolute Gasteiger partial charge is 0.337 e. The highest BCUT2D eigenvalue weighted by atomic mass is 28.4. The van der Waals surface area contributed by atoms with Gasteiger partial charge in [-0.3, -0.25) is 0 Å².